The van der Waals surface area contributed by atoms with Crippen molar-refractivity contribution in [2.45, 2.75) is 33.9 Å². The summed E-state index contributed by atoms with van der Waals surface area (Å²) < 4.78 is 38.3. The number of alkyl halides is 3. The number of hydrogen-bond donors (Lipinski definition) is 1. The molecule has 1 aromatic carbocycles. The fraction of sp³-hybridized carbons (Fsp3) is 0.571. The first-order chi connectivity index (χ1) is 8.12. The Labute approximate surface area is 106 Å². The highest BCUT2D eigenvalue weighted by Crippen LogP contribution is 2.35. The van der Waals surface area contributed by atoms with Crippen LogP contribution in [0.2, 0.25) is 0 Å². The molecule has 4 heteroatoms. The number of rotatable bonds is 3. The van der Waals surface area contributed by atoms with Crippen LogP contribution in [0.15, 0.2) is 24.3 Å². The molecule has 0 fully saturated rings. The van der Waals surface area contributed by atoms with E-state index in [0.29, 0.717) is 6.54 Å². The Balaban J connectivity index is 2.80. The van der Waals surface area contributed by atoms with Crippen molar-refractivity contribution in [3.8, 4) is 0 Å². The number of nitrogens with one attached hydrogen (secondary N) is 1. The third-order valence-electron chi connectivity index (χ3n) is 3.31. The highest BCUT2D eigenvalue weighted by atomic mass is 19.4. The summed E-state index contributed by atoms with van der Waals surface area (Å²) in [6.07, 6.45) is -4.31. The lowest BCUT2D eigenvalue weighted by molar-refractivity contribution is -0.136. The molecular weight excluding hydrogens is 239 g/mol. The zero-order chi connectivity index (χ0) is 14.0. The summed E-state index contributed by atoms with van der Waals surface area (Å²) in [5.74, 6) is 0.277. The zero-order valence-corrected chi connectivity index (χ0v) is 11.2. The Kier molecular flexibility index (Phi) is 4.30. The first kappa shape index (κ1) is 14.9. The topological polar surface area (TPSA) is 12.0 Å². The number of hydrogen-bond acceptors (Lipinski definition) is 1. The average Bonchev–Trinajstić information content (AvgIpc) is 2.23. The van der Waals surface area contributed by atoms with Crippen molar-refractivity contribution in [1.29, 1.82) is 0 Å². The minimum Gasteiger partial charge on any atom is -0.384 e. The SMILES string of the molecule is CC(CNc1ccccc1C(F)(F)F)C(C)(C)C. The molecule has 0 bridgehead atoms. The molecule has 18 heavy (non-hydrogen) atoms. The van der Waals surface area contributed by atoms with Crippen molar-refractivity contribution in [1.82, 2.24) is 0 Å². The van der Waals surface area contributed by atoms with Gasteiger partial charge in [0, 0.05) is 12.2 Å². The second-order valence-corrected chi connectivity index (χ2v) is 5.69. The van der Waals surface area contributed by atoms with Crippen molar-refractivity contribution >= 4 is 5.69 Å². The van der Waals surface area contributed by atoms with E-state index in [1.807, 2.05) is 6.92 Å². The lowest BCUT2D eigenvalue weighted by atomic mass is 9.82. The molecule has 1 aromatic rings. The van der Waals surface area contributed by atoms with E-state index >= 15 is 0 Å². The first-order valence-corrected chi connectivity index (χ1v) is 6.02. The predicted octanol–water partition coefficient (Wildman–Crippen LogP) is 4.80. The molecule has 0 aliphatic heterocycles. The maximum absolute atomic E-state index is 12.8. The summed E-state index contributed by atoms with van der Waals surface area (Å²) in [4.78, 5) is 0. The standard InChI is InChI=1S/C14H20F3N/c1-10(13(2,3)4)9-18-12-8-6-5-7-11(12)14(15,16)17/h5-8,10,18H,9H2,1-4H3. The van der Waals surface area contributed by atoms with Crippen LogP contribution >= 0.6 is 0 Å². The van der Waals surface area contributed by atoms with E-state index in [1.54, 1.807) is 6.07 Å². The Morgan fingerprint density at radius 1 is 1.11 bits per heavy atom. The molecule has 102 valence electrons. The lowest BCUT2D eigenvalue weighted by Gasteiger charge is -2.28. The highest BCUT2D eigenvalue weighted by molar-refractivity contribution is 5.52. The Hall–Kier alpha value is -1.19. The minimum absolute atomic E-state index is 0.0696. The molecule has 0 saturated heterocycles. The van der Waals surface area contributed by atoms with Crippen molar-refractivity contribution in [3.05, 3.63) is 29.8 Å². The van der Waals surface area contributed by atoms with Crippen molar-refractivity contribution in [2.75, 3.05) is 11.9 Å². The third kappa shape index (κ3) is 3.93. The van der Waals surface area contributed by atoms with Crippen LogP contribution in [-0.4, -0.2) is 6.54 Å². The molecule has 0 aliphatic rings. The largest absolute Gasteiger partial charge is 0.418 e. The predicted molar refractivity (Wildman–Crippen MR) is 68.6 cm³/mol. The molecule has 0 amide bonds. The van der Waals surface area contributed by atoms with Crippen LogP contribution < -0.4 is 5.32 Å². The van der Waals surface area contributed by atoms with Crippen molar-refractivity contribution in [2.24, 2.45) is 11.3 Å². The zero-order valence-electron chi connectivity index (χ0n) is 11.2. The fourth-order valence-electron chi connectivity index (χ4n) is 1.45. The van der Waals surface area contributed by atoms with Gasteiger partial charge in [-0.05, 0) is 23.5 Å². The van der Waals surface area contributed by atoms with E-state index in [0.717, 1.165) is 6.07 Å². The smallest absolute Gasteiger partial charge is 0.384 e. The van der Waals surface area contributed by atoms with Crippen molar-refractivity contribution < 1.29 is 13.2 Å². The van der Waals surface area contributed by atoms with Crippen LogP contribution in [0.5, 0.6) is 0 Å². The average molecular weight is 259 g/mol. The van der Waals surface area contributed by atoms with Crippen LogP contribution in [0.25, 0.3) is 0 Å². The Bertz CT molecular complexity index is 391. The molecule has 1 atom stereocenters. The summed E-state index contributed by atoms with van der Waals surface area (Å²) >= 11 is 0. The van der Waals surface area contributed by atoms with Crippen molar-refractivity contribution in [3.63, 3.8) is 0 Å². The highest BCUT2D eigenvalue weighted by Gasteiger charge is 2.33. The van der Waals surface area contributed by atoms with Gasteiger partial charge >= 0.3 is 6.18 Å². The number of benzene rings is 1. The molecule has 0 aromatic heterocycles. The molecule has 1 N–H and O–H groups in total. The molecule has 1 rings (SSSR count). The summed E-state index contributed by atoms with van der Waals surface area (Å²) in [7, 11) is 0. The van der Waals surface area contributed by atoms with Gasteiger partial charge in [-0.1, -0.05) is 39.8 Å². The van der Waals surface area contributed by atoms with Gasteiger partial charge in [0.25, 0.3) is 0 Å². The third-order valence-corrected chi connectivity index (χ3v) is 3.31. The van der Waals surface area contributed by atoms with Crippen LogP contribution in [0, 0.1) is 11.3 Å². The van der Waals surface area contributed by atoms with Gasteiger partial charge in [0.1, 0.15) is 0 Å². The van der Waals surface area contributed by atoms with Gasteiger partial charge in [-0.15, -0.1) is 0 Å². The lowest BCUT2D eigenvalue weighted by Crippen LogP contribution is -2.25. The van der Waals surface area contributed by atoms with E-state index < -0.39 is 11.7 Å². The maximum Gasteiger partial charge on any atom is 0.418 e. The molecule has 0 heterocycles. The molecule has 0 aliphatic carbocycles. The summed E-state index contributed by atoms with van der Waals surface area (Å²) in [6, 6.07) is 5.59. The quantitative estimate of drug-likeness (QED) is 0.822. The van der Waals surface area contributed by atoms with Gasteiger partial charge < -0.3 is 5.32 Å². The van der Waals surface area contributed by atoms with Gasteiger partial charge in [0.05, 0.1) is 5.56 Å². The van der Waals surface area contributed by atoms with Gasteiger partial charge in [0.2, 0.25) is 0 Å². The first-order valence-electron chi connectivity index (χ1n) is 6.02. The minimum atomic E-state index is -4.31. The molecule has 1 nitrogen and oxygen atoms in total. The van der Waals surface area contributed by atoms with Crippen LogP contribution in [0.4, 0.5) is 18.9 Å². The molecule has 0 radical (unpaired) electrons. The Morgan fingerprint density at radius 2 is 1.67 bits per heavy atom. The second-order valence-electron chi connectivity index (χ2n) is 5.69. The second kappa shape index (κ2) is 5.21. The summed E-state index contributed by atoms with van der Waals surface area (Å²) in [5, 5.41) is 2.91. The van der Waals surface area contributed by atoms with Crippen LogP contribution in [0.3, 0.4) is 0 Å². The van der Waals surface area contributed by atoms with Gasteiger partial charge in [-0.3, -0.25) is 0 Å². The Morgan fingerprint density at radius 3 is 2.17 bits per heavy atom. The number of para-hydroxylation sites is 1. The number of anilines is 1. The monoisotopic (exact) mass is 259 g/mol. The van der Waals surface area contributed by atoms with Gasteiger partial charge in [0.15, 0.2) is 0 Å². The number of halogens is 3. The summed E-state index contributed by atoms with van der Waals surface area (Å²) in [6.45, 7) is 8.79. The molecule has 0 spiro atoms. The van der Waals surface area contributed by atoms with Crippen LogP contribution in [-0.2, 0) is 6.18 Å². The van der Waals surface area contributed by atoms with E-state index in [1.165, 1.54) is 12.1 Å². The summed E-state index contributed by atoms with van der Waals surface area (Å²) in [5.41, 5.74) is -0.382. The van der Waals surface area contributed by atoms with E-state index in [9.17, 15) is 13.2 Å². The molecule has 0 saturated carbocycles. The van der Waals surface area contributed by atoms with E-state index in [4.69, 9.17) is 0 Å². The molecule has 1 unspecified atom stereocenters. The van der Waals surface area contributed by atoms with Gasteiger partial charge in [-0.25, -0.2) is 0 Å². The maximum atomic E-state index is 12.8. The van der Waals surface area contributed by atoms with Crippen LogP contribution in [0.1, 0.15) is 33.3 Å². The van der Waals surface area contributed by atoms with E-state index in [2.05, 4.69) is 26.1 Å². The molecular formula is C14H20F3N. The van der Waals surface area contributed by atoms with Gasteiger partial charge in [-0.2, -0.15) is 13.2 Å². The van der Waals surface area contributed by atoms with E-state index in [-0.39, 0.29) is 17.0 Å². The normalized spacial score (nSPS) is 14.4. The fourth-order valence-corrected chi connectivity index (χ4v) is 1.45.